The summed E-state index contributed by atoms with van der Waals surface area (Å²) in [5.41, 5.74) is 0. The summed E-state index contributed by atoms with van der Waals surface area (Å²) >= 11 is 0. The molecule has 1 fully saturated rings. The van der Waals surface area contributed by atoms with Crippen LogP contribution in [-0.4, -0.2) is 22.0 Å². The number of hydrogen-bond donors (Lipinski definition) is 1. The Hall–Kier alpha value is -0.810. The first-order valence-corrected chi connectivity index (χ1v) is 7.92. The normalized spacial score (nSPS) is 24.6. The molecule has 2 nitrogen and oxygen atoms in total. The van der Waals surface area contributed by atoms with Crippen LogP contribution in [0.2, 0.25) is 0 Å². The number of nitrogens with one attached hydrogen (secondary N) is 1. The molecule has 1 N–H and O–H groups in total. The molecular formula is C14H19F2NOS. The maximum Gasteiger partial charge on any atom is 0.139 e. The Bertz CT molecular complexity index is 467. The third kappa shape index (κ3) is 3.60. The van der Waals surface area contributed by atoms with Crippen LogP contribution in [0.15, 0.2) is 23.1 Å². The highest BCUT2D eigenvalue weighted by Crippen LogP contribution is 2.28. The van der Waals surface area contributed by atoms with E-state index >= 15 is 0 Å². The van der Waals surface area contributed by atoms with Crippen LogP contribution in [-0.2, 0) is 10.8 Å². The van der Waals surface area contributed by atoms with Crippen LogP contribution < -0.4 is 5.32 Å². The largest absolute Gasteiger partial charge is 0.314 e. The van der Waals surface area contributed by atoms with E-state index in [1.165, 1.54) is 0 Å². The molecule has 3 unspecified atom stereocenters. The average molecular weight is 287 g/mol. The van der Waals surface area contributed by atoms with E-state index < -0.39 is 22.4 Å². The molecule has 0 spiro atoms. The molecular weight excluding hydrogens is 268 g/mol. The van der Waals surface area contributed by atoms with Crippen molar-refractivity contribution in [2.75, 3.05) is 6.54 Å². The van der Waals surface area contributed by atoms with Gasteiger partial charge in [0, 0.05) is 11.3 Å². The SMILES string of the molecule is CCCNC1CCC(S(=O)c2cc(F)ccc2F)C1. The van der Waals surface area contributed by atoms with Crippen LogP contribution in [0.4, 0.5) is 8.78 Å². The van der Waals surface area contributed by atoms with Crippen molar-refractivity contribution < 1.29 is 13.0 Å². The van der Waals surface area contributed by atoms with Crippen LogP contribution in [0.3, 0.4) is 0 Å². The first kappa shape index (κ1) is 14.6. The molecule has 0 saturated heterocycles. The topological polar surface area (TPSA) is 29.1 Å². The Morgan fingerprint density at radius 3 is 2.89 bits per heavy atom. The highest BCUT2D eigenvalue weighted by atomic mass is 32.2. The summed E-state index contributed by atoms with van der Waals surface area (Å²) < 4.78 is 39.0. The summed E-state index contributed by atoms with van der Waals surface area (Å²) in [4.78, 5) is 0.00106. The number of benzene rings is 1. The highest BCUT2D eigenvalue weighted by molar-refractivity contribution is 7.85. The summed E-state index contributed by atoms with van der Waals surface area (Å²) in [5, 5.41) is 3.31. The zero-order valence-corrected chi connectivity index (χ0v) is 11.8. The number of hydrogen-bond acceptors (Lipinski definition) is 2. The van der Waals surface area contributed by atoms with Gasteiger partial charge in [0.25, 0.3) is 0 Å². The van der Waals surface area contributed by atoms with Gasteiger partial charge in [0.2, 0.25) is 0 Å². The fraction of sp³-hybridized carbons (Fsp3) is 0.571. The lowest BCUT2D eigenvalue weighted by Gasteiger charge is -2.13. The van der Waals surface area contributed by atoms with Crippen LogP contribution in [0.25, 0.3) is 0 Å². The van der Waals surface area contributed by atoms with E-state index in [9.17, 15) is 13.0 Å². The van der Waals surface area contributed by atoms with Crippen LogP contribution in [0, 0.1) is 11.6 Å². The van der Waals surface area contributed by atoms with Gasteiger partial charge >= 0.3 is 0 Å². The first-order chi connectivity index (χ1) is 9.11. The van der Waals surface area contributed by atoms with Gasteiger partial charge in [0.05, 0.1) is 15.7 Å². The van der Waals surface area contributed by atoms with Gasteiger partial charge in [0.1, 0.15) is 11.6 Å². The van der Waals surface area contributed by atoms with Crippen molar-refractivity contribution in [3.8, 4) is 0 Å². The first-order valence-electron chi connectivity index (χ1n) is 6.70. The molecule has 0 amide bonds. The van der Waals surface area contributed by atoms with E-state index in [2.05, 4.69) is 12.2 Å². The average Bonchev–Trinajstić information content (AvgIpc) is 2.87. The molecule has 0 radical (unpaired) electrons. The maximum absolute atomic E-state index is 13.6. The zero-order valence-electron chi connectivity index (χ0n) is 11.0. The van der Waals surface area contributed by atoms with Gasteiger partial charge in [-0.05, 0) is 50.4 Å². The van der Waals surface area contributed by atoms with E-state index in [4.69, 9.17) is 0 Å². The molecule has 2 rings (SSSR count). The van der Waals surface area contributed by atoms with Crippen LogP contribution >= 0.6 is 0 Å². The lowest BCUT2D eigenvalue weighted by molar-refractivity contribution is 0.523. The second kappa shape index (κ2) is 6.57. The third-order valence-corrected chi connectivity index (χ3v) is 5.26. The Labute approximate surface area is 115 Å². The Morgan fingerprint density at radius 1 is 1.37 bits per heavy atom. The van der Waals surface area contributed by atoms with Crippen molar-refractivity contribution in [1.82, 2.24) is 5.32 Å². The Balaban J connectivity index is 2.03. The zero-order chi connectivity index (χ0) is 13.8. The molecule has 1 aliphatic rings. The van der Waals surface area contributed by atoms with Gasteiger partial charge in [-0.2, -0.15) is 0 Å². The van der Waals surface area contributed by atoms with Gasteiger partial charge < -0.3 is 5.32 Å². The maximum atomic E-state index is 13.6. The summed E-state index contributed by atoms with van der Waals surface area (Å²) in [6, 6.07) is 3.50. The summed E-state index contributed by atoms with van der Waals surface area (Å²) in [7, 11) is -1.46. The molecule has 19 heavy (non-hydrogen) atoms. The van der Waals surface area contributed by atoms with Gasteiger partial charge in [-0.1, -0.05) is 6.92 Å². The van der Waals surface area contributed by atoms with Crippen molar-refractivity contribution in [2.24, 2.45) is 0 Å². The van der Waals surface area contributed by atoms with Gasteiger partial charge in [-0.25, -0.2) is 8.78 Å². The fourth-order valence-corrected chi connectivity index (χ4v) is 4.08. The minimum Gasteiger partial charge on any atom is -0.314 e. The number of rotatable bonds is 5. The Kier molecular flexibility index (Phi) is 5.05. The predicted molar refractivity (Wildman–Crippen MR) is 72.5 cm³/mol. The second-order valence-electron chi connectivity index (χ2n) is 4.96. The predicted octanol–water partition coefficient (Wildman–Crippen LogP) is 2.99. The Morgan fingerprint density at radius 2 is 2.16 bits per heavy atom. The molecule has 0 heterocycles. The standard InChI is InChI=1S/C14H19F2NOS/c1-2-7-17-11-4-5-12(9-11)19(18)14-8-10(15)3-6-13(14)16/h3,6,8,11-12,17H,2,4-5,7,9H2,1H3. The fourth-order valence-electron chi connectivity index (χ4n) is 2.48. The van der Waals surface area contributed by atoms with Crippen molar-refractivity contribution >= 4 is 10.8 Å². The number of halogens is 2. The molecule has 1 saturated carbocycles. The lowest BCUT2D eigenvalue weighted by Crippen LogP contribution is -2.28. The molecule has 0 bridgehead atoms. The summed E-state index contributed by atoms with van der Waals surface area (Å²) in [6.45, 7) is 3.04. The van der Waals surface area contributed by atoms with Crippen LogP contribution in [0.5, 0.6) is 0 Å². The molecule has 1 aromatic carbocycles. The van der Waals surface area contributed by atoms with Crippen molar-refractivity contribution in [2.45, 2.75) is 48.8 Å². The van der Waals surface area contributed by atoms with Crippen molar-refractivity contribution in [3.05, 3.63) is 29.8 Å². The molecule has 3 atom stereocenters. The molecule has 1 aliphatic carbocycles. The van der Waals surface area contributed by atoms with E-state index in [-0.39, 0.29) is 10.1 Å². The molecule has 1 aromatic rings. The van der Waals surface area contributed by atoms with Gasteiger partial charge in [-0.3, -0.25) is 4.21 Å². The molecule has 5 heteroatoms. The summed E-state index contributed by atoms with van der Waals surface area (Å²) in [6.07, 6.45) is 3.57. The second-order valence-corrected chi connectivity index (χ2v) is 6.66. The molecule has 106 valence electrons. The quantitative estimate of drug-likeness (QED) is 0.902. The lowest BCUT2D eigenvalue weighted by atomic mass is 10.2. The van der Waals surface area contributed by atoms with Crippen molar-refractivity contribution in [1.29, 1.82) is 0 Å². The van der Waals surface area contributed by atoms with Gasteiger partial charge in [0.15, 0.2) is 0 Å². The van der Waals surface area contributed by atoms with E-state index in [1.54, 1.807) is 0 Å². The molecule has 0 aromatic heterocycles. The summed E-state index contributed by atoms with van der Waals surface area (Å²) in [5.74, 6) is -1.12. The smallest absolute Gasteiger partial charge is 0.139 e. The van der Waals surface area contributed by atoms with Crippen molar-refractivity contribution in [3.63, 3.8) is 0 Å². The monoisotopic (exact) mass is 287 g/mol. The van der Waals surface area contributed by atoms with E-state index in [1.807, 2.05) is 0 Å². The van der Waals surface area contributed by atoms with E-state index in [0.717, 1.165) is 50.4 Å². The third-order valence-electron chi connectivity index (χ3n) is 3.48. The van der Waals surface area contributed by atoms with Crippen LogP contribution in [0.1, 0.15) is 32.6 Å². The highest BCUT2D eigenvalue weighted by Gasteiger charge is 2.30. The molecule has 0 aliphatic heterocycles. The van der Waals surface area contributed by atoms with Gasteiger partial charge in [-0.15, -0.1) is 0 Å². The minimum atomic E-state index is -1.46. The van der Waals surface area contributed by atoms with E-state index in [0.29, 0.717) is 6.04 Å². The minimum absolute atomic E-state index is 0.00106.